The van der Waals surface area contributed by atoms with Gasteiger partial charge < -0.3 is 20.1 Å². The number of anilines is 2. The molecular formula is C12H13F3N6O3. The second-order valence-electron chi connectivity index (χ2n) is 4.98. The van der Waals surface area contributed by atoms with E-state index in [1.54, 1.807) is 4.90 Å². The van der Waals surface area contributed by atoms with Gasteiger partial charge in [0.05, 0.1) is 19.4 Å². The lowest BCUT2D eigenvalue weighted by atomic mass is 10.4. The van der Waals surface area contributed by atoms with Crippen LogP contribution in [0.5, 0.6) is 0 Å². The van der Waals surface area contributed by atoms with Crippen LogP contribution in [-0.4, -0.2) is 63.5 Å². The van der Waals surface area contributed by atoms with Crippen LogP contribution in [0.25, 0.3) is 5.65 Å². The van der Waals surface area contributed by atoms with Crippen LogP contribution in [0.15, 0.2) is 6.20 Å². The van der Waals surface area contributed by atoms with Gasteiger partial charge in [0.15, 0.2) is 17.2 Å². The normalized spacial score (nSPS) is 15.7. The van der Waals surface area contributed by atoms with Gasteiger partial charge in [0.25, 0.3) is 0 Å². The molecule has 1 saturated heterocycles. The zero-order chi connectivity index (χ0) is 17.3. The largest absolute Gasteiger partial charge is 0.480 e. The van der Waals surface area contributed by atoms with E-state index < -0.39 is 24.4 Å². The minimum atomic E-state index is -4.65. The maximum absolute atomic E-state index is 13.1. The summed E-state index contributed by atoms with van der Waals surface area (Å²) in [6.45, 7) is 1.12. The number of nitrogens with zero attached hydrogens (tertiary/aromatic N) is 5. The smallest absolute Gasteiger partial charge is 0.435 e. The molecule has 0 aromatic carbocycles. The van der Waals surface area contributed by atoms with Gasteiger partial charge in [0.1, 0.15) is 6.54 Å². The van der Waals surface area contributed by atoms with Crippen LogP contribution in [0.1, 0.15) is 5.69 Å². The van der Waals surface area contributed by atoms with Crippen molar-refractivity contribution in [3.8, 4) is 0 Å². The highest BCUT2D eigenvalue weighted by Crippen LogP contribution is 2.31. The van der Waals surface area contributed by atoms with E-state index in [4.69, 9.17) is 9.84 Å². The number of carboxylic acids is 1. The highest BCUT2D eigenvalue weighted by atomic mass is 19.4. The number of imidazole rings is 1. The summed E-state index contributed by atoms with van der Waals surface area (Å²) in [5, 5.41) is 15.2. The Balaban J connectivity index is 2.09. The van der Waals surface area contributed by atoms with Gasteiger partial charge in [0, 0.05) is 13.1 Å². The van der Waals surface area contributed by atoms with Crippen LogP contribution in [0.4, 0.5) is 24.9 Å². The average Bonchev–Trinajstić information content (AvgIpc) is 2.97. The molecule has 0 atom stereocenters. The first kappa shape index (κ1) is 16.2. The first-order chi connectivity index (χ1) is 11.4. The van der Waals surface area contributed by atoms with Crippen LogP contribution < -0.4 is 10.2 Å². The second kappa shape index (κ2) is 6.11. The molecule has 0 bridgehead atoms. The highest BCUT2D eigenvalue weighted by Gasteiger charge is 2.36. The van der Waals surface area contributed by atoms with Crippen molar-refractivity contribution >= 4 is 23.4 Å². The fourth-order valence-corrected chi connectivity index (χ4v) is 2.24. The predicted octanol–water partition coefficient (Wildman–Crippen LogP) is 0.476. The molecule has 1 aliphatic heterocycles. The van der Waals surface area contributed by atoms with Crippen molar-refractivity contribution in [3.05, 3.63) is 11.9 Å². The number of morpholine rings is 1. The number of ether oxygens (including phenoxy) is 1. The lowest BCUT2D eigenvalue weighted by Gasteiger charge is -2.27. The van der Waals surface area contributed by atoms with Gasteiger partial charge in [-0.25, -0.2) is 9.50 Å². The van der Waals surface area contributed by atoms with Crippen LogP contribution in [0.3, 0.4) is 0 Å². The van der Waals surface area contributed by atoms with Crippen LogP contribution >= 0.6 is 0 Å². The summed E-state index contributed by atoms with van der Waals surface area (Å²) in [4.78, 5) is 20.2. The van der Waals surface area contributed by atoms with E-state index in [0.29, 0.717) is 37.0 Å². The van der Waals surface area contributed by atoms with Crippen molar-refractivity contribution in [2.24, 2.45) is 0 Å². The minimum absolute atomic E-state index is 0.0437. The summed E-state index contributed by atoms with van der Waals surface area (Å²) >= 11 is 0. The van der Waals surface area contributed by atoms with Gasteiger partial charge in [-0.2, -0.15) is 18.2 Å². The number of rotatable bonds is 4. The number of carbonyl (C=O) groups is 1. The third-order valence-corrected chi connectivity index (χ3v) is 3.34. The van der Waals surface area contributed by atoms with Gasteiger partial charge >= 0.3 is 12.1 Å². The molecule has 2 N–H and O–H groups in total. The Morgan fingerprint density at radius 3 is 2.71 bits per heavy atom. The molecule has 24 heavy (non-hydrogen) atoms. The fraction of sp³-hybridized carbons (Fsp3) is 0.500. The Kier molecular flexibility index (Phi) is 4.13. The molecule has 130 valence electrons. The minimum Gasteiger partial charge on any atom is -0.480 e. The summed E-state index contributed by atoms with van der Waals surface area (Å²) in [6.07, 6.45) is -4.01. The van der Waals surface area contributed by atoms with Gasteiger partial charge in [-0.05, 0) is 0 Å². The van der Waals surface area contributed by atoms with Crippen LogP contribution in [0.2, 0.25) is 0 Å². The molecule has 12 heteroatoms. The molecule has 0 aliphatic carbocycles. The molecule has 2 aromatic heterocycles. The fourth-order valence-electron chi connectivity index (χ4n) is 2.24. The first-order valence-electron chi connectivity index (χ1n) is 6.97. The quantitative estimate of drug-likeness (QED) is 0.824. The highest BCUT2D eigenvalue weighted by molar-refractivity contribution is 5.75. The Hall–Kier alpha value is -2.63. The van der Waals surface area contributed by atoms with E-state index in [9.17, 15) is 18.0 Å². The number of alkyl halides is 3. The second-order valence-corrected chi connectivity index (χ2v) is 4.98. The first-order valence-corrected chi connectivity index (χ1v) is 6.97. The van der Waals surface area contributed by atoms with E-state index >= 15 is 0 Å². The summed E-state index contributed by atoms with van der Waals surface area (Å²) in [5.41, 5.74) is -1.26. The number of halogens is 3. The van der Waals surface area contributed by atoms with Gasteiger partial charge in [-0.3, -0.25) is 4.79 Å². The van der Waals surface area contributed by atoms with Crippen molar-refractivity contribution in [2.75, 3.05) is 43.1 Å². The summed E-state index contributed by atoms with van der Waals surface area (Å²) in [6, 6.07) is 0. The van der Waals surface area contributed by atoms with E-state index in [-0.39, 0.29) is 17.4 Å². The molecule has 1 aliphatic rings. The SMILES string of the molecule is O=C(O)CNc1nc(N2CCOCC2)nn2c(C(F)(F)F)cnc12. The van der Waals surface area contributed by atoms with Crippen molar-refractivity contribution in [1.29, 1.82) is 0 Å². The van der Waals surface area contributed by atoms with Crippen molar-refractivity contribution in [2.45, 2.75) is 6.18 Å². The third kappa shape index (κ3) is 3.18. The summed E-state index contributed by atoms with van der Waals surface area (Å²) in [5.74, 6) is -1.21. The summed E-state index contributed by atoms with van der Waals surface area (Å²) < 4.78 is 45.1. The number of hydrogen-bond acceptors (Lipinski definition) is 7. The lowest BCUT2D eigenvalue weighted by Crippen LogP contribution is -2.38. The topological polar surface area (TPSA) is 105 Å². The molecule has 9 nitrogen and oxygen atoms in total. The molecule has 0 spiro atoms. The van der Waals surface area contributed by atoms with Crippen molar-refractivity contribution in [3.63, 3.8) is 0 Å². The zero-order valence-electron chi connectivity index (χ0n) is 12.2. The van der Waals surface area contributed by atoms with E-state index in [1.165, 1.54) is 0 Å². The number of aromatic nitrogens is 4. The van der Waals surface area contributed by atoms with Gasteiger partial charge in [0.2, 0.25) is 5.95 Å². The van der Waals surface area contributed by atoms with E-state index in [2.05, 4.69) is 20.4 Å². The molecule has 0 saturated carbocycles. The van der Waals surface area contributed by atoms with Crippen molar-refractivity contribution < 1.29 is 27.8 Å². The third-order valence-electron chi connectivity index (χ3n) is 3.34. The molecule has 3 heterocycles. The predicted molar refractivity (Wildman–Crippen MR) is 74.9 cm³/mol. The summed E-state index contributed by atoms with van der Waals surface area (Å²) in [7, 11) is 0. The van der Waals surface area contributed by atoms with Crippen LogP contribution in [0, 0.1) is 0 Å². The molecule has 1 fully saturated rings. The van der Waals surface area contributed by atoms with Gasteiger partial charge in [-0.1, -0.05) is 0 Å². The van der Waals surface area contributed by atoms with E-state index in [1.807, 2.05) is 0 Å². The Labute approximate surface area is 133 Å². The monoisotopic (exact) mass is 346 g/mol. The number of carboxylic acid groups (broad SMARTS) is 1. The molecular weight excluding hydrogens is 333 g/mol. The zero-order valence-corrected chi connectivity index (χ0v) is 12.2. The number of hydrogen-bond donors (Lipinski definition) is 2. The maximum atomic E-state index is 13.1. The lowest BCUT2D eigenvalue weighted by molar-refractivity contribution is -0.142. The average molecular weight is 346 g/mol. The molecule has 0 radical (unpaired) electrons. The Morgan fingerprint density at radius 1 is 1.38 bits per heavy atom. The standard InChI is InChI=1S/C12H13F3N6O3/c13-12(14,15)7-5-17-10-9(16-6-8(22)23)18-11(19-21(7)10)20-1-3-24-4-2-20/h5H,1-4,6H2,(H,22,23)(H,16,18,19). The van der Waals surface area contributed by atoms with Crippen molar-refractivity contribution in [1.82, 2.24) is 19.6 Å². The molecule has 2 aromatic rings. The Bertz CT molecular complexity index is 756. The van der Waals surface area contributed by atoms with Gasteiger partial charge in [-0.15, -0.1) is 5.10 Å². The number of aliphatic carboxylic acids is 1. The number of fused-ring (bicyclic) bond motifs is 1. The number of nitrogens with one attached hydrogen (secondary N) is 1. The van der Waals surface area contributed by atoms with E-state index in [0.717, 1.165) is 0 Å². The maximum Gasteiger partial charge on any atom is 0.435 e. The molecule has 0 amide bonds. The molecule has 3 rings (SSSR count). The molecule has 0 unspecified atom stereocenters. The van der Waals surface area contributed by atoms with Crippen LogP contribution in [-0.2, 0) is 15.7 Å². The Morgan fingerprint density at radius 2 is 2.08 bits per heavy atom.